The van der Waals surface area contributed by atoms with Crippen LogP contribution < -0.4 is 11.4 Å². The van der Waals surface area contributed by atoms with E-state index >= 15 is 0 Å². The molecule has 0 saturated carbocycles. The van der Waals surface area contributed by atoms with Gasteiger partial charge in [0.15, 0.2) is 11.1 Å². The second kappa shape index (κ2) is 5.07. The molecule has 2 unspecified atom stereocenters. The molecule has 4 N–H and O–H groups in total. The third-order valence-electron chi connectivity index (χ3n) is 3.19. The number of aliphatic hydroxyl groups excluding tert-OH is 2. The lowest BCUT2D eigenvalue weighted by Gasteiger charge is -2.25. The highest BCUT2D eigenvalue weighted by atomic mass is 35.5. The van der Waals surface area contributed by atoms with Crippen molar-refractivity contribution in [1.29, 1.82) is 0 Å². The van der Waals surface area contributed by atoms with Gasteiger partial charge in [-0.3, -0.25) is 4.57 Å². The normalized spacial score (nSPS) is 34.6. The molecular formula is C12H14ClN3O4. The van der Waals surface area contributed by atoms with E-state index in [1.54, 1.807) is 0 Å². The van der Waals surface area contributed by atoms with Crippen molar-refractivity contribution in [2.45, 2.75) is 36.3 Å². The summed E-state index contributed by atoms with van der Waals surface area (Å²) in [6, 6.07) is 1.38. The first-order chi connectivity index (χ1) is 9.31. The fourth-order valence-electron chi connectivity index (χ4n) is 2.11. The number of nitrogens with zero attached hydrogens (tertiary/aromatic N) is 2. The smallest absolute Gasteiger partial charge is 0.351 e. The second-order valence-electron chi connectivity index (χ2n) is 4.59. The van der Waals surface area contributed by atoms with Crippen LogP contribution in [0.15, 0.2) is 17.1 Å². The molecule has 108 valence electrons. The summed E-state index contributed by atoms with van der Waals surface area (Å²) in [6.45, 7) is 1.42. The Morgan fingerprint density at radius 3 is 2.90 bits per heavy atom. The molecule has 20 heavy (non-hydrogen) atoms. The maximum atomic E-state index is 11.8. The second-order valence-corrected chi connectivity index (χ2v) is 5.22. The van der Waals surface area contributed by atoms with Crippen LogP contribution >= 0.6 is 11.6 Å². The maximum absolute atomic E-state index is 11.8. The largest absolute Gasteiger partial charge is 0.391 e. The van der Waals surface area contributed by atoms with Crippen molar-refractivity contribution < 1.29 is 14.9 Å². The first kappa shape index (κ1) is 14.8. The molecule has 1 aromatic rings. The molecule has 2 rings (SSSR count). The molecule has 0 spiro atoms. The molecule has 5 atom stereocenters. The Balaban J connectivity index is 2.50. The van der Waals surface area contributed by atoms with Gasteiger partial charge in [-0.25, -0.2) is 4.79 Å². The highest BCUT2D eigenvalue weighted by molar-refractivity contribution is 6.27. The summed E-state index contributed by atoms with van der Waals surface area (Å²) in [5, 5.41) is 19.7. The number of halogens is 1. The number of anilines is 1. The van der Waals surface area contributed by atoms with Gasteiger partial charge in [-0.05, 0) is 13.0 Å². The van der Waals surface area contributed by atoms with Gasteiger partial charge in [-0.2, -0.15) is 4.98 Å². The van der Waals surface area contributed by atoms with Gasteiger partial charge >= 0.3 is 5.69 Å². The van der Waals surface area contributed by atoms with Crippen LogP contribution in [0.4, 0.5) is 5.82 Å². The van der Waals surface area contributed by atoms with Crippen LogP contribution in [0.3, 0.4) is 0 Å². The topological polar surface area (TPSA) is 111 Å². The lowest BCUT2D eigenvalue weighted by molar-refractivity contribution is -0.0773. The minimum atomic E-state index is -1.69. The van der Waals surface area contributed by atoms with Crippen molar-refractivity contribution in [1.82, 2.24) is 9.55 Å². The lowest BCUT2D eigenvalue weighted by atomic mass is 9.97. The van der Waals surface area contributed by atoms with Crippen molar-refractivity contribution in [3.05, 3.63) is 22.7 Å². The molecule has 1 aromatic heterocycles. The van der Waals surface area contributed by atoms with Gasteiger partial charge in [0.1, 0.15) is 18.0 Å². The molecule has 1 aliphatic heterocycles. The van der Waals surface area contributed by atoms with Gasteiger partial charge in [0.25, 0.3) is 0 Å². The zero-order valence-electron chi connectivity index (χ0n) is 10.6. The molecule has 7 nitrogen and oxygen atoms in total. The van der Waals surface area contributed by atoms with E-state index in [0.717, 1.165) is 4.57 Å². The maximum Gasteiger partial charge on any atom is 0.351 e. The quantitative estimate of drug-likeness (QED) is 0.481. The Hall–Kier alpha value is -1.59. The van der Waals surface area contributed by atoms with Crippen LogP contribution in [0.5, 0.6) is 0 Å². The van der Waals surface area contributed by atoms with E-state index in [2.05, 4.69) is 10.9 Å². The van der Waals surface area contributed by atoms with Crippen LogP contribution in [-0.2, 0) is 4.74 Å². The molecule has 0 amide bonds. The van der Waals surface area contributed by atoms with Gasteiger partial charge in [0, 0.05) is 6.20 Å². The molecule has 0 radical (unpaired) electrons. The number of rotatable bonds is 2. The highest BCUT2D eigenvalue weighted by Gasteiger charge is 2.57. The number of ether oxygens (including phenoxy) is 1. The van der Waals surface area contributed by atoms with Gasteiger partial charge in [-0.15, -0.1) is 6.42 Å². The number of hydrogen-bond acceptors (Lipinski definition) is 6. The fourth-order valence-corrected chi connectivity index (χ4v) is 2.39. The monoisotopic (exact) mass is 299 g/mol. The average Bonchev–Trinajstić information content (AvgIpc) is 2.64. The summed E-state index contributed by atoms with van der Waals surface area (Å²) in [7, 11) is 0. The Labute approximate surface area is 120 Å². The predicted octanol–water partition coefficient (Wildman–Crippen LogP) is -0.925. The number of aromatic nitrogens is 2. The van der Waals surface area contributed by atoms with E-state index in [9.17, 15) is 15.0 Å². The number of aliphatic hydroxyl groups is 2. The van der Waals surface area contributed by atoms with Crippen molar-refractivity contribution in [3.63, 3.8) is 0 Å². The van der Waals surface area contributed by atoms with Crippen molar-refractivity contribution in [2.75, 3.05) is 5.73 Å². The molecule has 1 aliphatic rings. The Morgan fingerprint density at radius 2 is 2.40 bits per heavy atom. The van der Waals surface area contributed by atoms with Crippen molar-refractivity contribution in [2.24, 2.45) is 0 Å². The molecule has 1 saturated heterocycles. The van der Waals surface area contributed by atoms with E-state index in [0.29, 0.717) is 0 Å². The minimum Gasteiger partial charge on any atom is -0.391 e. The van der Waals surface area contributed by atoms with Crippen molar-refractivity contribution >= 4 is 17.4 Å². The number of nitrogens with two attached hydrogens (primary N) is 1. The first-order valence-corrected chi connectivity index (χ1v) is 6.22. The first-order valence-electron chi connectivity index (χ1n) is 5.84. The molecule has 8 heteroatoms. The van der Waals surface area contributed by atoms with E-state index in [4.69, 9.17) is 28.5 Å². The summed E-state index contributed by atoms with van der Waals surface area (Å²) in [4.78, 5) is 13.7. The van der Waals surface area contributed by atoms with Gasteiger partial charge in [0.2, 0.25) is 0 Å². The van der Waals surface area contributed by atoms with E-state index < -0.39 is 35.1 Å². The molecule has 0 aliphatic carbocycles. The average molecular weight is 300 g/mol. The minimum absolute atomic E-state index is 0.0396. The molecule has 2 heterocycles. The summed E-state index contributed by atoms with van der Waals surface area (Å²) >= 11 is 6.22. The van der Waals surface area contributed by atoms with Crippen LogP contribution in [0, 0.1) is 12.3 Å². The van der Waals surface area contributed by atoms with E-state index in [1.165, 1.54) is 19.2 Å². The molecule has 0 aromatic carbocycles. The number of hydrogen-bond donors (Lipinski definition) is 3. The van der Waals surface area contributed by atoms with Gasteiger partial charge in [0.05, 0.1) is 6.10 Å². The Bertz CT molecular complexity index is 611. The summed E-state index contributed by atoms with van der Waals surface area (Å²) < 4.78 is 6.49. The summed E-state index contributed by atoms with van der Waals surface area (Å²) in [5.74, 6) is 2.27. The van der Waals surface area contributed by atoms with E-state index in [-0.39, 0.29) is 5.82 Å². The van der Waals surface area contributed by atoms with E-state index in [1.807, 2.05) is 0 Å². The third kappa shape index (κ3) is 2.17. The number of nitrogen functional groups attached to an aromatic ring is 1. The highest BCUT2D eigenvalue weighted by Crippen LogP contribution is 2.43. The number of terminal acetylenes is 1. The van der Waals surface area contributed by atoms with Crippen LogP contribution in [0.2, 0.25) is 0 Å². The Kier molecular flexibility index (Phi) is 3.75. The zero-order valence-corrected chi connectivity index (χ0v) is 11.4. The van der Waals surface area contributed by atoms with Gasteiger partial charge < -0.3 is 20.7 Å². The Morgan fingerprint density at radius 1 is 1.75 bits per heavy atom. The lowest BCUT2D eigenvalue weighted by Crippen LogP contribution is -2.44. The van der Waals surface area contributed by atoms with Crippen LogP contribution in [-0.4, -0.2) is 43.0 Å². The fraction of sp³-hybridized carbons (Fsp3) is 0.500. The third-order valence-corrected chi connectivity index (χ3v) is 3.71. The molecular weight excluding hydrogens is 286 g/mol. The van der Waals surface area contributed by atoms with Gasteiger partial charge in [-0.1, -0.05) is 17.5 Å². The SMILES string of the molecule is C#CC1(Cl)C(O)[C@@H]([C@H](C)O)O[C@H]1n1ccc(N)nc1=O. The molecule has 0 bridgehead atoms. The number of alkyl halides is 1. The standard InChI is InChI=1S/C12H14ClN3O4/c1-3-12(13)9(18)8(6(2)17)20-10(12)16-5-4-7(14)15-11(16)19/h1,4-6,8-10,17-18H,2H3,(H2,14,15,19)/t6-,8+,9?,10+,12?/m0/s1. The zero-order chi connectivity index (χ0) is 15.1. The van der Waals surface area contributed by atoms with Crippen molar-refractivity contribution in [3.8, 4) is 12.3 Å². The molecule has 1 fully saturated rings. The van der Waals surface area contributed by atoms with Crippen LogP contribution in [0.25, 0.3) is 0 Å². The van der Waals surface area contributed by atoms with Crippen LogP contribution in [0.1, 0.15) is 13.2 Å². The summed E-state index contributed by atoms with van der Waals surface area (Å²) in [5.41, 5.74) is 4.69. The predicted molar refractivity (Wildman–Crippen MR) is 71.9 cm³/mol. The summed E-state index contributed by atoms with van der Waals surface area (Å²) in [6.07, 6.45) is 2.15.